The zero-order chi connectivity index (χ0) is 13.8. The van der Waals surface area contributed by atoms with Crippen LogP contribution in [-0.4, -0.2) is 52.1 Å². The van der Waals surface area contributed by atoms with Gasteiger partial charge in [-0.3, -0.25) is 4.79 Å². The molecule has 0 saturated carbocycles. The third kappa shape index (κ3) is 3.57. The fourth-order valence-electron chi connectivity index (χ4n) is 1.71. The number of nitrogens with one attached hydrogen (secondary N) is 1. The van der Waals surface area contributed by atoms with Crippen LogP contribution >= 0.6 is 0 Å². The van der Waals surface area contributed by atoms with E-state index in [1.165, 1.54) is 7.11 Å². The number of rotatable bonds is 3. The van der Waals surface area contributed by atoms with E-state index in [2.05, 4.69) is 9.47 Å². The average Bonchev–Trinajstić information content (AvgIpc) is 2.37. The molecule has 1 fully saturated rings. The molecule has 1 aliphatic heterocycles. The maximum Gasteiger partial charge on any atom is 0.421 e. The van der Waals surface area contributed by atoms with E-state index < -0.39 is 16.3 Å². The number of hydrogen-bond donors (Lipinski definition) is 1. The van der Waals surface area contributed by atoms with E-state index in [9.17, 15) is 18.0 Å². The second-order valence-electron chi connectivity index (χ2n) is 3.80. The van der Waals surface area contributed by atoms with Crippen LogP contribution in [0.2, 0.25) is 0 Å². The molecule has 0 aromatic rings. The van der Waals surface area contributed by atoms with Crippen molar-refractivity contribution in [3.8, 4) is 0 Å². The Balaban J connectivity index is 2.57. The van der Waals surface area contributed by atoms with Gasteiger partial charge in [-0.2, -0.15) is 12.7 Å². The van der Waals surface area contributed by atoms with Crippen LogP contribution in [0.1, 0.15) is 12.8 Å². The Morgan fingerprint density at radius 1 is 1.17 bits per heavy atom. The summed E-state index contributed by atoms with van der Waals surface area (Å²) in [7, 11) is -1.52. The SMILES string of the molecule is COC(=O)NS(=O)(=O)N1CCC(C(=O)OC)CC1. The predicted molar refractivity (Wildman–Crippen MR) is 60.8 cm³/mol. The van der Waals surface area contributed by atoms with E-state index in [1.54, 1.807) is 4.72 Å². The summed E-state index contributed by atoms with van der Waals surface area (Å²) in [4.78, 5) is 22.1. The Kier molecular flexibility index (Phi) is 4.91. The molecular weight excluding hydrogens is 264 g/mol. The van der Waals surface area contributed by atoms with Crippen LogP contribution in [0.3, 0.4) is 0 Å². The van der Waals surface area contributed by atoms with Gasteiger partial charge in [0.2, 0.25) is 0 Å². The van der Waals surface area contributed by atoms with Crippen LogP contribution in [0.15, 0.2) is 0 Å². The smallest absolute Gasteiger partial charge is 0.421 e. The van der Waals surface area contributed by atoms with Gasteiger partial charge in [-0.15, -0.1) is 0 Å². The molecule has 18 heavy (non-hydrogen) atoms. The summed E-state index contributed by atoms with van der Waals surface area (Å²) in [5.74, 6) is -0.632. The highest BCUT2D eigenvalue weighted by molar-refractivity contribution is 7.87. The molecule has 0 spiro atoms. The number of amides is 1. The molecule has 9 heteroatoms. The van der Waals surface area contributed by atoms with Crippen LogP contribution in [0.4, 0.5) is 4.79 Å². The maximum atomic E-state index is 11.7. The van der Waals surface area contributed by atoms with E-state index in [-0.39, 0.29) is 25.0 Å². The summed E-state index contributed by atoms with van der Waals surface area (Å²) in [6.45, 7) is 0.318. The lowest BCUT2D eigenvalue weighted by molar-refractivity contribution is -0.146. The predicted octanol–water partition coefficient (Wildman–Crippen LogP) is -0.528. The summed E-state index contributed by atoms with van der Waals surface area (Å²) < 4.78 is 35.1. The fourth-order valence-corrected chi connectivity index (χ4v) is 2.82. The highest BCUT2D eigenvalue weighted by Gasteiger charge is 2.32. The number of carbonyl (C=O) groups is 2. The Morgan fingerprint density at radius 2 is 1.72 bits per heavy atom. The lowest BCUT2D eigenvalue weighted by Gasteiger charge is -2.29. The van der Waals surface area contributed by atoms with Crippen molar-refractivity contribution in [3.05, 3.63) is 0 Å². The van der Waals surface area contributed by atoms with E-state index in [0.717, 1.165) is 11.4 Å². The molecule has 0 radical (unpaired) electrons. The molecule has 8 nitrogen and oxygen atoms in total. The summed E-state index contributed by atoms with van der Waals surface area (Å²) in [6, 6.07) is 0. The van der Waals surface area contributed by atoms with Crippen LogP contribution in [0.25, 0.3) is 0 Å². The Hall–Kier alpha value is -1.35. The van der Waals surface area contributed by atoms with Gasteiger partial charge in [0.1, 0.15) is 0 Å². The number of esters is 1. The van der Waals surface area contributed by atoms with E-state index in [4.69, 9.17) is 0 Å². The van der Waals surface area contributed by atoms with Gasteiger partial charge in [-0.05, 0) is 12.8 Å². The highest BCUT2D eigenvalue weighted by atomic mass is 32.2. The van der Waals surface area contributed by atoms with Crippen LogP contribution in [-0.2, 0) is 24.5 Å². The summed E-state index contributed by atoms with van der Waals surface area (Å²) in [5, 5.41) is 0. The second kappa shape index (κ2) is 6.01. The fraction of sp³-hybridized carbons (Fsp3) is 0.778. The minimum absolute atomic E-state index is 0.159. The normalized spacial score (nSPS) is 18.1. The van der Waals surface area contributed by atoms with Crippen molar-refractivity contribution in [1.29, 1.82) is 0 Å². The van der Waals surface area contributed by atoms with Crippen molar-refractivity contribution in [2.24, 2.45) is 5.92 Å². The van der Waals surface area contributed by atoms with Crippen molar-refractivity contribution < 1.29 is 27.5 Å². The molecule has 1 rings (SSSR count). The van der Waals surface area contributed by atoms with Crippen molar-refractivity contribution in [1.82, 2.24) is 9.03 Å². The second-order valence-corrected chi connectivity index (χ2v) is 5.47. The quantitative estimate of drug-likeness (QED) is 0.697. The Labute approximate surface area is 105 Å². The van der Waals surface area contributed by atoms with Crippen LogP contribution in [0.5, 0.6) is 0 Å². The van der Waals surface area contributed by atoms with Gasteiger partial charge in [0.25, 0.3) is 0 Å². The highest BCUT2D eigenvalue weighted by Crippen LogP contribution is 2.20. The standard InChI is InChI=1S/C9H16N2O6S/c1-16-8(12)7-3-5-11(6-4-7)18(14,15)10-9(13)17-2/h7H,3-6H2,1-2H3,(H,10,13). The topological polar surface area (TPSA) is 102 Å². The monoisotopic (exact) mass is 280 g/mol. The molecule has 1 saturated heterocycles. The van der Waals surface area contributed by atoms with Gasteiger partial charge in [0.15, 0.2) is 0 Å². The number of nitrogens with zero attached hydrogens (tertiary/aromatic N) is 1. The molecule has 104 valence electrons. The molecule has 0 unspecified atom stereocenters. The van der Waals surface area contributed by atoms with Crippen molar-refractivity contribution >= 4 is 22.3 Å². The molecule has 1 N–H and O–H groups in total. The first-order valence-corrected chi connectivity index (χ1v) is 6.78. The van der Waals surface area contributed by atoms with Gasteiger partial charge < -0.3 is 9.47 Å². The van der Waals surface area contributed by atoms with E-state index in [1.807, 2.05) is 0 Å². The molecule has 0 bridgehead atoms. The number of piperidine rings is 1. The number of methoxy groups -OCH3 is 2. The Bertz CT molecular complexity index is 413. The molecule has 1 amide bonds. The van der Waals surface area contributed by atoms with Crippen molar-refractivity contribution in [2.75, 3.05) is 27.3 Å². The first kappa shape index (κ1) is 14.7. The van der Waals surface area contributed by atoms with Gasteiger partial charge in [0, 0.05) is 13.1 Å². The molecule has 1 heterocycles. The van der Waals surface area contributed by atoms with Crippen LogP contribution in [0, 0.1) is 5.92 Å². The lowest BCUT2D eigenvalue weighted by Crippen LogP contribution is -2.47. The summed E-state index contributed by atoms with van der Waals surface area (Å²) in [5.41, 5.74) is 0. The molecule has 1 aliphatic rings. The third-order valence-corrected chi connectivity index (χ3v) is 4.20. The molecule has 0 aliphatic carbocycles. The van der Waals surface area contributed by atoms with Gasteiger partial charge in [-0.25, -0.2) is 9.52 Å². The van der Waals surface area contributed by atoms with E-state index in [0.29, 0.717) is 12.8 Å². The van der Waals surface area contributed by atoms with Gasteiger partial charge in [-0.1, -0.05) is 0 Å². The van der Waals surface area contributed by atoms with Gasteiger partial charge in [0.05, 0.1) is 20.1 Å². The van der Waals surface area contributed by atoms with Crippen LogP contribution < -0.4 is 4.72 Å². The lowest BCUT2D eigenvalue weighted by atomic mass is 9.99. The molecule has 0 atom stereocenters. The van der Waals surface area contributed by atoms with Crippen molar-refractivity contribution in [2.45, 2.75) is 12.8 Å². The first-order chi connectivity index (χ1) is 8.40. The minimum Gasteiger partial charge on any atom is -0.469 e. The number of carbonyl (C=O) groups excluding carboxylic acids is 2. The van der Waals surface area contributed by atoms with E-state index >= 15 is 0 Å². The van der Waals surface area contributed by atoms with Gasteiger partial charge >= 0.3 is 22.3 Å². The van der Waals surface area contributed by atoms with Crippen molar-refractivity contribution in [3.63, 3.8) is 0 Å². The molecule has 0 aromatic heterocycles. The summed E-state index contributed by atoms with van der Waals surface area (Å²) in [6.07, 6.45) is -0.297. The molecule has 0 aromatic carbocycles. The summed E-state index contributed by atoms with van der Waals surface area (Å²) >= 11 is 0. The zero-order valence-corrected chi connectivity index (χ0v) is 11.0. The first-order valence-electron chi connectivity index (χ1n) is 5.34. The average molecular weight is 280 g/mol. The minimum atomic E-state index is -3.89. The third-order valence-electron chi connectivity index (χ3n) is 2.73. The maximum absolute atomic E-state index is 11.7. The number of hydrogen-bond acceptors (Lipinski definition) is 6. The Morgan fingerprint density at radius 3 is 2.17 bits per heavy atom. The molecular formula is C9H16N2O6S. The largest absolute Gasteiger partial charge is 0.469 e. The number of ether oxygens (including phenoxy) is 2. The zero-order valence-electron chi connectivity index (χ0n) is 10.2.